The van der Waals surface area contributed by atoms with Gasteiger partial charge in [0.2, 0.25) is 10.0 Å². The molecule has 3 aromatic carbocycles. The van der Waals surface area contributed by atoms with Gasteiger partial charge in [-0.2, -0.15) is 17.5 Å². The molecule has 0 spiro atoms. The van der Waals surface area contributed by atoms with Gasteiger partial charge in [0.15, 0.2) is 0 Å². The Labute approximate surface area is 246 Å². The maximum atomic E-state index is 13.5. The normalized spacial score (nSPS) is 16.8. The van der Waals surface area contributed by atoms with Gasteiger partial charge in [-0.05, 0) is 72.1 Å². The number of carbonyl (C=O) groups excluding carboxylic acids is 1. The second kappa shape index (κ2) is 13.4. The van der Waals surface area contributed by atoms with Gasteiger partial charge in [-0.15, -0.1) is 0 Å². The van der Waals surface area contributed by atoms with Crippen LogP contribution in [0, 0.1) is 5.92 Å². The van der Waals surface area contributed by atoms with Crippen molar-refractivity contribution < 1.29 is 45.9 Å². The van der Waals surface area contributed by atoms with Crippen molar-refractivity contribution >= 4 is 21.6 Å². The van der Waals surface area contributed by atoms with Crippen LogP contribution in [0.5, 0.6) is 17.2 Å². The van der Waals surface area contributed by atoms with Crippen LogP contribution in [0.25, 0.3) is 0 Å². The van der Waals surface area contributed by atoms with Gasteiger partial charge >= 0.3 is 6.18 Å². The Balaban J connectivity index is 1.42. The van der Waals surface area contributed by atoms with Crippen molar-refractivity contribution in [2.24, 2.45) is 11.1 Å². The lowest BCUT2D eigenvalue weighted by Crippen LogP contribution is -2.44. The van der Waals surface area contributed by atoms with E-state index < -0.39 is 33.7 Å². The molecule has 0 bridgehead atoms. The number of halogens is 3. The minimum absolute atomic E-state index is 0.125. The van der Waals surface area contributed by atoms with E-state index in [4.69, 9.17) is 14.3 Å². The van der Waals surface area contributed by atoms with Crippen LogP contribution in [0.1, 0.15) is 31.4 Å². The number of hydrogen-bond acceptors (Lipinski definition) is 8. The van der Waals surface area contributed by atoms with Gasteiger partial charge in [0.05, 0.1) is 29.3 Å². The summed E-state index contributed by atoms with van der Waals surface area (Å²) in [5.41, 5.74) is 1.25. The lowest BCUT2D eigenvalue weighted by Gasteiger charge is -2.21. The Morgan fingerprint density at radius 3 is 2.14 bits per heavy atom. The first-order valence-corrected chi connectivity index (χ1v) is 14.6. The highest BCUT2D eigenvalue weighted by atomic mass is 32.2. The maximum Gasteiger partial charge on any atom is 0.416 e. The molecule has 0 radical (unpaired) electrons. The van der Waals surface area contributed by atoms with E-state index in [0.717, 1.165) is 16.4 Å². The number of amides is 1. The monoisotopic (exact) mass is 621 g/mol. The van der Waals surface area contributed by atoms with E-state index in [1.165, 1.54) is 41.9 Å². The Bertz CT molecular complexity index is 1530. The van der Waals surface area contributed by atoms with Gasteiger partial charge in [0, 0.05) is 6.42 Å². The third-order valence-electron chi connectivity index (χ3n) is 6.31. The van der Waals surface area contributed by atoms with Gasteiger partial charge in [0.1, 0.15) is 29.9 Å². The second-order valence-corrected chi connectivity index (χ2v) is 12.0. The largest absolute Gasteiger partial charge is 0.493 e. The summed E-state index contributed by atoms with van der Waals surface area (Å²) < 4.78 is 77.5. The number of nitrogens with zero attached hydrogens (tertiary/aromatic N) is 2. The topological polar surface area (TPSA) is 127 Å². The van der Waals surface area contributed by atoms with E-state index in [2.05, 4.69) is 5.16 Å². The fourth-order valence-corrected chi connectivity index (χ4v) is 5.68. The van der Waals surface area contributed by atoms with Crippen LogP contribution in [0.2, 0.25) is 0 Å². The van der Waals surface area contributed by atoms with Crippen molar-refractivity contribution in [3.8, 4) is 17.2 Å². The predicted octanol–water partition coefficient (Wildman–Crippen LogP) is 5.37. The molecule has 0 unspecified atom stereocenters. The lowest BCUT2D eigenvalue weighted by atomic mass is 10.1. The van der Waals surface area contributed by atoms with Crippen LogP contribution in [-0.2, 0) is 32.4 Å². The van der Waals surface area contributed by atoms with Crippen molar-refractivity contribution in [2.75, 3.05) is 13.2 Å². The summed E-state index contributed by atoms with van der Waals surface area (Å²) in [6.07, 6.45) is -4.64. The average molecular weight is 622 g/mol. The Morgan fingerprint density at radius 1 is 1.00 bits per heavy atom. The standard InChI is InChI=1S/C29H30F3N3O7S/c1-19(2)17-40-23-7-9-24(10-8-23)42-25-11-13-26(14-12-25)43(38,39)35-16-22(15-27(35)28(36)33-37)34-41-18-20-3-5-21(6-4-20)29(30,31)32/h3-14,19,27,37H,15-18H2,1-2H3,(H,33,36)/b34-22-/t27-/m0/s1. The van der Waals surface area contributed by atoms with E-state index in [1.807, 2.05) is 13.8 Å². The van der Waals surface area contributed by atoms with Crippen molar-refractivity contribution in [1.82, 2.24) is 9.79 Å². The second-order valence-electron chi connectivity index (χ2n) is 10.1. The summed E-state index contributed by atoms with van der Waals surface area (Å²) in [7, 11) is -4.23. The highest BCUT2D eigenvalue weighted by Crippen LogP contribution is 2.30. The van der Waals surface area contributed by atoms with Crippen molar-refractivity contribution in [1.29, 1.82) is 0 Å². The van der Waals surface area contributed by atoms with Gasteiger partial charge in [0.25, 0.3) is 5.91 Å². The molecule has 1 fully saturated rings. The first kappa shape index (κ1) is 31.8. The van der Waals surface area contributed by atoms with Crippen LogP contribution in [0.15, 0.2) is 82.8 Å². The molecule has 1 aliphatic rings. The van der Waals surface area contributed by atoms with Crippen molar-refractivity contribution in [3.63, 3.8) is 0 Å². The third kappa shape index (κ3) is 8.24. The molecule has 10 nitrogen and oxygen atoms in total. The Hall–Kier alpha value is -4.14. The fraction of sp³-hybridized carbons (Fsp3) is 0.310. The number of oxime groups is 1. The van der Waals surface area contributed by atoms with Crippen LogP contribution in [-0.4, -0.2) is 48.7 Å². The van der Waals surface area contributed by atoms with Gasteiger partial charge in [-0.25, -0.2) is 13.9 Å². The Kier molecular flexibility index (Phi) is 9.94. The first-order chi connectivity index (χ1) is 20.4. The molecule has 0 saturated carbocycles. The molecule has 1 amide bonds. The number of alkyl halides is 3. The lowest BCUT2D eigenvalue weighted by molar-refractivity contribution is -0.137. The number of sulfonamides is 1. The summed E-state index contributed by atoms with van der Waals surface area (Å²) in [6, 6.07) is 15.6. The van der Waals surface area contributed by atoms with E-state index in [1.54, 1.807) is 24.3 Å². The zero-order chi connectivity index (χ0) is 31.2. The molecule has 230 valence electrons. The number of hydrogen-bond donors (Lipinski definition) is 2. The third-order valence-corrected chi connectivity index (χ3v) is 8.18. The summed E-state index contributed by atoms with van der Waals surface area (Å²) in [4.78, 5) is 17.4. The van der Waals surface area contributed by atoms with Gasteiger partial charge in [-0.3, -0.25) is 10.0 Å². The molecule has 4 rings (SSSR count). The smallest absolute Gasteiger partial charge is 0.416 e. The minimum Gasteiger partial charge on any atom is -0.493 e. The maximum absolute atomic E-state index is 13.5. The first-order valence-electron chi connectivity index (χ1n) is 13.2. The number of carbonyl (C=O) groups is 1. The van der Waals surface area contributed by atoms with E-state index >= 15 is 0 Å². The fourth-order valence-electron chi connectivity index (χ4n) is 4.10. The molecule has 0 aliphatic carbocycles. The minimum atomic E-state index is -4.47. The Morgan fingerprint density at radius 2 is 1.58 bits per heavy atom. The number of nitrogens with one attached hydrogen (secondary N) is 1. The van der Waals surface area contributed by atoms with Crippen molar-refractivity contribution in [2.45, 2.75) is 44.0 Å². The molecule has 14 heteroatoms. The van der Waals surface area contributed by atoms with Crippen LogP contribution in [0.4, 0.5) is 13.2 Å². The molecule has 43 heavy (non-hydrogen) atoms. The molecule has 1 atom stereocenters. The SMILES string of the molecule is CC(C)COc1ccc(Oc2ccc(S(=O)(=O)N3C/C(=N\OCc4ccc(C(F)(F)F)cc4)C[C@H]3C(=O)NO)cc2)cc1. The molecule has 1 saturated heterocycles. The summed E-state index contributed by atoms with van der Waals surface area (Å²) in [6.45, 7) is 4.18. The molecule has 3 aromatic rings. The number of benzene rings is 3. The molecular weight excluding hydrogens is 591 g/mol. The van der Waals surface area contributed by atoms with Gasteiger partial charge in [-0.1, -0.05) is 31.1 Å². The number of hydroxylamine groups is 1. The van der Waals surface area contributed by atoms with Crippen LogP contribution in [0.3, 0.4) is 0 Å². The van der Waals surface area contributed by atoms with Crippen LogP contribution >= 0.6 is 0 Å². The molecule has 1 heterocycles. The number of rotatable bonds is 11. The summed E-state index contributed by atoms with van der Waals surface area (Å²) in [5.74, 6) is 1.01. The molecule has 2 N–H and O–H groups in total. The number of ether oxygens (including phenoxy) is 2. The average Bonchev–Trinajstić information content (AvgIpc) is 3.42. The van der Waals surface area contributed by atoms with Crippen molar-refractivity contribution in [3.05, 3.63) is 83.9 Å². The summed E-state index contributed by atoms with van der Waals surface area (Å²) in [5, 5.41) is 13.1. The van der Waals surface area contributed by atoms with Gasteiger partial charge < -0.3 is 14.3 Å². The summed E-state index contributed by atoms with van der Waals surface area (Å²) >= 11 is 0. The van der Waals surface area contributed by atoms with Crippen LogP contribution < -0.4 is 15.0 Å². The molecule has 0 aromatic heterocycles. The molecule has 1 aliphatic heterocycles. The zero-order valence-electron chi connectivity index (χ0n) is 23.2. The zero-order valence-corrected chi connectivity index (χ0v) is 24.1. The highest BCUT2D eigenvalue weighted by molar-refractivity contribution is 7.89. The highest BCUT2D eigenvalue weighted by Gasteiger charge is 2.43. The van der Waals surface area contributed by atoms with E-state index in [0.29, 0.717) is 35.3 Å². The molecular formula is C29H30F3N3O7S. The quantitative estimate of drug-likeness (QED) is 0.218. The predicted molar refractivity (Wildman–Crippen MR) is 149 cm³/mol. The van der Waals surface area contributed by atoms with E-state index in [-0.39, 0.29) is 30.2 Å². The van der Waals surface area contributed by atoms with E-state index in [9.17, 15) is 31.6 Å².